The zero-order chi connectivity index (χ0) is 15.7. The second-order valence-corrected chi connectivity index (χ2v) is 5.64. The van der Waals surface area contributed by atoms with Crippen LogP contribution in [-0.2, 0) is 4.74 Å². The highest BCUT2D eigenvalue weighted by molar-refractivity contribution is 6.30. The molecule has 0 bridgehead atoms. The highest BCUT2D eigenvalue weighted by Crippen LogP contribution is 2.30. The third-order valence-electron chi connectivity index (χ3n) is 3.52. The minimum Gasteiger partial charge on any atom is -0.467 e. The van der Waals surface area contributed by atoms with Gasteiger partial charge in [-0.05, 0) is 5.92 Å². The quantitative estimate of drug-likeness (QED) is 0.789. The summed E-state index contributed by atoms with van der Waals surface area (Å²) in [5.74, 6) is 0.256. The van der Waals surface area contributed by atoms with Crippen molar-refractivity contribution in [2.45, 2.75) is 6.92 Å². The summed E-state index contributed by atoms with van der Waals surface area (Å²) >= 11 is 5.75. The molecule has 1 saturated heterocycles. The van der Waals surface area contributed by atoms with Gasteiger partial charge in [0.25, 0.3) is 0 Å². The molecular weight excluding hydrogens is 311 g/mol. The van der Waals surface area contributed by atoms with Crippen molar-refractivity contribution in [2.75, 3.05) is 38.3 Å². The number of hydrogen-bond donors (Lipinski definition) is 0. The molecule has 22 heavy (non-hydrogen) atoms. The van der Waals surface area contributed by atoms with Crippen LogP contribution in [-0.4, -0.2) is 48.4 Å². The van der Waals surface area contributed by atoms with Crippen LogP contribution < -0.4 is 9.64 Å². The Bertz CT molecular complexity index is 700. The molecule has 3 heterocycles. The highest BCUT2D eigenvalue weighted by Gasteiger charge is 2.22. The predicted molar refractivity (Wildman–Crippen MR) is 81.0 cm³/mol. The van der Waals surface area contributed by atoms with Crippen molar-refractivity contribution in [3.05, 3.63) is 17.2 Å². The van der Waals surface area contributed by atoms with E-state index in [0.717, 1.165) is 6.54 Å². The Morgan fingerprint density at radius 3 is 3.05 bits per heavy atom. The predicted octanol–water partition coefficient (Wildman–Crippen LogP) is 2.30. The first-order chi connectivity index (χ1) is 10.6. The first kappa shape index (κ1) is 15.2. The number of pyridine rings is 1. The van der Waals surface area contributed by atoms with Crippen molar-refractivity contribution in [1.29, 1.82) is 0 Å². The van der Waals surface area contributed by atoms with Gasteiger partial charge in [0, 0.05) is 19.3 Å². The molecule has 0 radical (unpaired) electrons. The van der Waals surface area contributed by atoms with Gasteiger partial charge in [0.1, 0.15) is 11.3 Å². The Morgan fingerprint density at radius 2 is 2.27 bits per heavy atom. The molecule has 0 aromatic carbocycles. The SMILES string of the molecule is COc1nc(N2CCOCC(C)C2)c2cnc(Cl)c(F)c2n1. The molecular formula is C14H16ClFN4O2. The van der Waals surface area contributed by atoms with E-state index in [1.165, 1.54) is 13.3 Å². The maximum atomic E-state index is 14.2. The molecule has 0 spiro atoms. The maximum Gasteiger partial charge on any atom is 0.318 e. The summed E-state index contributed by atoms with van der Waals surface area (Å²) in [6.45, 7) is 4.77. The Balaban J connectivity index is 2.16. The smallest absolute Gasteiger partial charge is 0.318 e. The van der Waals surface area contributed by atoms with Crippen LogP contribution in [0.5, 0.6) is 6.01 Å². The van der Waals surface area contributed by atoms with Gasteiger partial charge in [-0.1, -0.05) is 18.5 Å². The van der Waals surface area contributed by atoms with E-state index in [1.807, 2.05) is 4.90 Å². The lowest BCUT2D eigenvalue weighted by Crippen LogP contribution is -2.30. The van der Waals surface area contributed by atoms with Crippen LogP contribution in [0.3, 0.4) is 0 Å². The lowest BCUT2D eigenvalue weighted by molar-refractivity contribution is 0.129. The molecule has 1 aliphatic heterocycles. The number of aromatic nitrogens is 3. The number of anilines is 1. The first-order valence-electron chi connectivity index (χ1n) is 6.98. The number of nitrogens with zero attached hydrogens (tertiary/aromatic N) is 4. The topological polar surface area (TPSA) is 60.4 Å². The molecule has 3 rings (SSSR count). The van der Waals surface area contributed by atoms with Crippen LogP contribution >= 0.6 is 11.6 Å². The number of methoxy groups -OCH3 is 1. The van der Waals surface area contributed by atoms with Crippen molar-refractivity contribution < 1.29 is 13.9 Å². The third-order valence-corrected chi connectivity index (χ3v) is 3.79. The van der Waals surface area contributed by atoms with Crippen molar-refractivity contribution in [2.24, 2.45) is 5.92 Å². The second-order valence-electron chi connectivity index (χ2n) is 5.29. The van der Waals surface area contributed by atoms with Crippen molar-refractivity contribution in [1.82, 2.24) is 15.0 Å². The van der Waals surface area contributed by atoms with Crippen LogP contribution in [0.1, 0.15) is 6.92 Å². The van der Waals surface area contributed by atoms with Crippen LogP contribution in [0.25, 0.3) is 10.9 Å². The number of fused-ring (bicyclic) bond motifs is 1. The number of ether oxygens (including phenoxy) is 2. The molecule has 1 aliphatic rings. The lowest BCUT2D eigenvalue weighted by Gasteiger charge is -2.24. The molecule has 8 heteroatoms. The van der Waals surface area contributed by atoms with Gasteiger partial charge in [0.15, 0.2) is 11.0 Å². The van der Waals surface area contributed by atoms with Gasteiger partial charge in [-0.3, -0.25) is 0 Å². The van der Waals surface area contributed by atoms with E-state index >= 15 is 0 Å². The number of hydrogen-bond acceptors (Lipinski definition) is 6. The third kappa shape index (κ3) is 2.78. The average molecular weight is 327 g/mol. The molecule has 0 amide bonds. The molecule has 0 saturated carbocycles. The fourth-order valence-electron chi connectivity index (χ4n) is 2.50. The van der Waals surface area contributed by atoms with E-state index < -0.39 is 5.82 Å². The van der Waals surface area contributed by atoms with Crippen LogP contribution in [0.4, 0.5) is 10.2 Å². The maximum absolute atomic E-state index is 14.2. The molecule has 0 N–H and O–H groups in total. The highest BCUT2D eigenvalue weighted by atomic mass is 35.5. The molecule has 1 unspecified atom stereocenters. The summed E-state index contributed by atoms with van der Waals surface area (Å²) in [5, 5.41) is 0.295. The van der Waals surface area contributed by atoms with Crippen molar-refractivity contribution in [3.63, 3.8) is 0 Å². The molecule has 0 aliphatic carbocycles. The van der Waals surface area contributed by atoms with Gasteiger partial charge in [-0.25, -0.2) is 9.37 Å². The second kappa shape index (κ2) is 6.18. The molecule has 118 valence electrons. The number of rotatable bonds is 2. The minimum absolute atomic E-state index is 0.0986. The molecule has 1 atom stereocenters. The van der Waals surface area contributed by atoms with E-state index in [1.54, 1.807) is 0 Å². The van der Waals surface area contributed by atoms with Crippen molar-refractivity contribution in [3.8, 4) is 6.01 Å². The van der Waals surface area contributed by atoms with E-state index in [-0.39, 0.29) is 16.7 Å². The van der Waals surface area contributed by atoms with E-state index in [9.17, 15) is 4.39 Å². The normalized spacial score (nSPS) is 19.3. The Hall–Kier alpha value is -1.73. The van der Waals surface area contributed by atoms with Gasteiger partial charge < -0.3 is 14.4 Å². The molecule has 2 aromatic rings. The van der Waals surface area contributed by atoms with Gasteiger partial charge in [-0.2, -0.15) is 9.97 Å². The van der Waals surface area contributed by atoms with Gasteiger partial charge in [-0.15, -0.1) is 0 Å². The van der Waals surface area contributed by atoms with E-state index in [2.05, 4.69) is 21.9 Å². The van der Waals surface area contributed by atoms with E-state index in [4.69, 9.17) is 21.1 Å². The van der Waals surface area contributed by atoms with E-state index in [0.29, 0.717) is 36.9 Å². The minimum atomic E-state index is -0.666. The van der Waals surface area contributed by atoms with Gasteiger partial charge in [0.05, 0.1) is 25.7 Å². The summed E-state index contributed by atoms with van der Waals surface area (Å²) in [6.07, 6.45) is 1.49. The summed E-state index contributed by atoms with van der Waals surface area (Å²) in [7, 11) is 1.44. The molecule has 2 aromatic heterocycles. The summed E-state index contributed by atoms with van der Waals surface area (Å²) in [4.78, 5) is 14.4. The van der Waals surface area contributed by atoms with Gasteiger partial charge in [0.2, 0.25) is 0 Å². The fourth-order valence-corrected chi connectivity index (χ4v) is 2.64. The largest absolute Gasteiger partial charge is 0.467 e. The van der Waals surface area contributed by atoms with Crippen LogP contribution in [0.15, 0.2) is 6.20 Å². The Morgan fingerprint density at radius 1 is 1.45 bits per heavy atom. The van der Waals surface area contributed by atoms with Crippen molar-refractivity contribution >= 4 is 28.3 Å². The van der Waals surface area contributed by atoms with Gasteiger partial charge >= 0.3 is 6.01 Å². The lowest BCUT2D eigenvalue weighted by atomic mass is 10.2. The summed E-state index contributed by atoms with van der Waals surface area (Å²) in [6, 6.07) is 0.0986. The summed E-state index contributed by atoms with van der Waals surface area (Å²) in [5.41, 5.74) is 0.111. The monoisotopic (exact) mass is 326 g/mol. The molecule has 1 fully saturated rings. The first-order valence-corrected chi connectivity index (χ1v) is 7.36. The Kier molecular flexibility index (Phi) is 4.26. The zero-order valence-electron chi connectivity index (χ0n) is 12.3. The van der Waals surface area contributed by atoms with Crippen LogP contribution in [0, 0.1) is 11.7 Å². The average Bonchev–Trinajstić information content (AvgIpc) is 2.74. The van der Waals surface area contributed by atoms with Crippen LogP contribution in [0.2, 0.25) is 5.15 Å². The molecule has 6 nitrogen and oxygen atoms in total. The summed E-state index contributed by atoms with van der Waals surface area (Å²) < 4.78 is 24.9. The number of halogens is 2. The standard InChI is InChI=1S/C14H16ClFN4O2/c1-8-6-20(3-4-22-7-8)13-9-5-17-12(15)10(16)11(9)18-14(19-13)21-2/h5,8H,3-4,6-7H2,1-2H3. The zero-order valence-corrected chi connectivity index (χ0v) is 13.1. The Labute approximate surface area is 132 Å². The fraction of sp³-hybridized carbons (Fsp3) is 0.500.